The minimum atomic E-state index is -3.98. The van der Waals surface area contributed by atoms with Crippen molar-refractivity contribution in [2.45, 2.75) is 31.3 Å². The number of carbonyl (C=O) groups excluding carboxylic acids is 1. The van der Waals surface area contributed by atoms with Crippen molar-refractivity contribution in [1.82, 2.24) is 0 Å². The van der Waals surface area contributed by atoms with Crippen LogP contribution in [0.1, 0.15) is 30.6 Å². The molecule has 1 aromatic rings. The van der Waals surface area contributed by atoms with Crippen molar-refractivity contribution in [3.63, 3.8) is 0 Å². The molecule has 0 fully saturated rings. The first-order chi connectivity index (χ1) is 8.66. The minimum Gasteiger partial charge on any atom is -0.459 e. The van der Waals surface area contributed by atoms with E-state index in [0.717, 1.165) is 12.1 Å². The monoisotopic (exact) mass is 325 g/mol. The number of carbonyl (C=O) groups is 1. The molecule has 0 heterocycles. The molecule has 0 saturated heterocycles. The zero-order valence-electron chi connectivity index (χ0n) is 10.3. The molecule has 8 heteroatoms. The van der Waals surface area contributed by atoms with Gasteiger partial charge in [-0.15, -0.1) is 0 Å². The molecule has 5 nitrogen and oxygen atoms in total. The highest BCUT2D eigenvalue weighted by Crippen LogP contribution is 2.30. The molecule has 0 spiro atoms. The van der Waals surface area contributed by atoms with Gasteiger partial charge in [0.15, 0.2) is 0 Å². The second-order valence-electron chi connectivity index (χ2n) is 3.94. The van der Waals surface area contributed by atoms with Crippen molar-refractivity contribution in [3.8, 4) is 0 Å². The highest BCUT2D eigenvalue weighted by atomic mass is 35.5. The maximum atomic E-state index is 11.9. The van der Waals surface area contributed by atoms with E-state index in [0.29, 0.717) is 6.42 Å². The van der Waals surface area contributed by atoms with Crippen molar-refractivity contribution in [1.29, 1.82) is 0 Å². The fraction of sp³-hybridized carbons (Fsp3) is 0.364. The Kier molecular flexibility index (Phi) is 5.20. The fourth-order valence-corrected chi connectivity index (χ4v) is 2.24. The molecule has 2 N–H and O–H groups in total. The van der Waals surface area contributed by atoms with Crippen LogP contribution in [0.2, 0.25) is 10.0 Å². The Morgan fingerprint density at radius 1 is 1.42 bits per heavy atom. The Hall–Kier alpha value is -0.820. The molecule has 0 aliphatic heterocycles. The fourth-order valence-electron chi connectivity index (χ4n) is 1.21. The van der Waals surface area contributed by atoms with Crippen LogP contribution in [0.25, 0.3) is 0 Å². The highest BCUT2D eigenvalue weighted by Gasteiger charge is 2.21. The van der Waals surface area contributed by atoms with Gasteiger partial charge in [-0.3, -0.25) is 0 Å². The normalized spacial score (nSPS) is 13.1. The van der Waals surface area contributed by atoms with Gasteiger partial charge in [0, 0.05) is 0 Å². The van der Waals surface area contributed by atoms with E-state index < -0.39 is 16.0 Å². The summed E-state index contributed by atoms with van der Waals surface area (Å²) >= 11 is 11.6. The molecular weight excluding hydrogens is 313 g/mol. The molecule has 1 atom stereocenters. The van der Waals surface area contributed by atoms with Gasteiger partial charge in [-0.2, -0.15) is 0 Å². The Balaban J connectivity index is 3.27. The van der Waals surface area contributed by atoms with Crippen LogP contribution in [0.4, 0.5) is 0 Å². The summed E-state index contributed by atoms with van der Waals surface area (Å²) in [4.78, 5) is 11.6. The van der Waals surface area contributed by atoms with Crippen molar-refractivity contribution < 1.29 is 17.9 Å². The average Bonchev–Trinajstić information content (AvgIpc) is 2.30. The standard InChI is InChI=1S/C11H13Cl2NO4S/c1-3-6(2)18-11(15)8-4-7(19(14,16)17)5-9(12)10(8)13/h4-6H,3H2,1-2H3,(H2,14,16,17). The van der Waals surface area contributed by atoms with E-state index in [1.165, 1.54) is 0 Å². The van der Waals surface area contributed by atoms with Crippen molar-refractivity contribution in [3.05, 3.63) is 27.7 Å². The average molecular weight is 326 g/mol. The second kappa shape index (κ2) is 6.09. The Labute approximate surface area is 121 Å². The first-order valence-corrected chi connectivity index (χ1v) is 7.69. The molecule has 1 unspecified atom stereocenters. The van der Waals surface area contributed by atoms with Gasteiger partial charge in [0.05, 0.1) is 26.6 Å². The number of halogens is 2. The van der Waals surface area contributed by atoms with Gasteiger partial charge in [0.1, 0.15) is 0 Å². The molecule has 106 valence electrons. The van der Waals surface area contributed by atoms with Crippen molar-refractivity contribution in [2.75, 3.05) is 0 Å². The zero-order chi connectivity index (χ0) is 14.8. The quantitative estimate of drug-likeness (QED) is 0.862. The van der Waals surface area contributed by atoms with E-state index in [1.807, 2.05) is 6.92 Å². The van der Waals surface area contributed by atoms with Gasteiger partial charge >= 0.3 is 5.97 Å². The number of sulfonamides is 1. The Morgan fingerprint density at radius 3 is 2.47 bits per heavy atom. The van der Waals surface area contributed by atoms with E-state index >= 15 is 0 Å². The first kappa shape index (κ1) is 16.2. The molecule has 0 radical (unpaired) electrons. The second-order valence-corrected chi connectivity index (χ2v) is 6.28. The summed E-state index contributed by atoms with van der Waals surface area (Å²) < 4.78 is 27.6. The summed E-state index contributed by atoms with van der Waals surface area (Å²) in [6.45, 7) is 3.55. The van der Waals surface area contributed by atoms with E-state index in [1.54, 1.807) is 6.92 Å². The Bertz CT molecular complexity index is 601. The van der Waals surface area contributed by atoms with Crippen LogP contribution in [0, 0.1) is 0 Å². The Morgan fingerprint density at radius 2 is 2.00 bits per heavy atom. The van der Waals surface area contributed by atoms with Crippen LogP contribution < -0.4 is 5.14 Å². The van der Waals surface area contributed by atoms with Crippen LogP contribution in [-0.2, 0) is 14.8 Å². The van der Waals surface area contributed by atoms with Crippen LogP contribution in [0.15, 0.2) is 17.0 Å². The van der Waals surface area contributed by atoms with Crippen LogP contribution in [0.5, 0.6) is 0 Å². The summed E-state index contributed by atoms with van der Waals surface area (Å²) in [7, 11) is -3.98. The molecule has 0 aliphatic rings. The predicted molar refractivity (Wildman–Crippen MR) is 73.0 cm³/mol. The topological polar surface area (TPSA) is 86.5 Å². The van der Waals surface area contributed by atoms with Gasteiger partial charge < -0.3 is 4.74 Å². The highest BCUT2D eigenvalue weighted by molar-refractivity contribution is 7.89. The molecule has 0 amide bonds. The van der Waals surface area contributed by atoms with E-state index in [-0.39, 0.29) is 26.6 Å². The molecule has 0 saturated carbocycles. The van der Waals surface area contributed by atoms with Gasteiger partial charge in [-0.05, 0) is 25.5 Å². The maximum absolute atomic E-state index is 11.9. The molecule has 0 bridgehead atoms. The lowest BCUT2D eigenvalue weighted by molar-refractivity contribution is 0.0334. The van der Waals surface area contributed by atoms with Gasteiger partial charge in [0.2, 0.25) is 10.0 Å². The third-order valence-electron chi connectivity index (χ3n) is 2.43. The molecule has 1 aromatic carbocycles. The number of nitrogens with two attached hydrogens (primary N) is 1. The van der Waals surface area contributed by atoms with E-state index in [9.17, 15) is 13.2 Å². The number of esters is 1. The predicted octanol–water partition coefficient (Wildman–Crippen LogP) is 2.60. The van der Waals surface area contributed by atoms with Crippen molar-refractivity contribution >= 4 is 39.2 Å². The lowest BCUT2D eigenvalue weighted by atomic mass is 10.2. The maximum Gasteiger partial charge on any atom is 0.340 e. The number of hydrogen-bond acceptors (Lipinski definition) is 4. The number of hydrogen-bond donors (Lipinski definition) is 1. The molecule has 0 aliphatic carbocycles. The first-order valence-electron chi connectivity index (χ1n) is 5.39. The summed E-state index contributed by atoms with van der Waals surface area (Å²) in [5.74, 6) is -0.744. The third kappa shape index (κ3) is 4.07. The smallest absolute Gasteiger partial charge is 0.340 e. The minimum absolute atomic E-state index is 0.0673. The number of primary sulfonamides is 1. The molecule has 1 rings (SSSR count). The largest absolute Gasteiger partial charge is 0.459 e. The zero-order valence-corrected chi connectivity index (χ0v) is 12.6. The van der Waals surface area contributed by atoms with E-state index in [2.05, 4.69) is 0 Å². The van der Waals surface area contributed by atoms with Gasteiger partial charge in [-0.1, -0.05) is 30.1 Å². The SMILES string of the molecule is CCC(C)OC(=O)c1cc(S(N)(=O)=O)cc(Cl)c1Cl. The number of benzene rings is 1. The summed E-state index contributed by atoms with van der Waals surface area (Å²) in [6, 6.07) is 2.13. The van der Waals surface area contributed by atoms with Crippen LogP contribution in [0.3, 0.4) is 0 Å². The lowest BCUT2D eigenvalue weighted by Gasteiger charge is -2.13. The van der Waals surface area contributed by atoms with Gasteiger partial charge in [0.25, 0.3) is 0 Å². The third-order valence-corrected chi connectivity index (χ3v) is 4.13. The summed E-state index contributed by atoms with van der Waals surface area (Å²) in [5.41, 5.74) is -0.126. The summed E-state index contributed by atoms with van der Waals surface area (Å²) in [5, 5.41) is 4.84. The van der Waals surface area contributed by atoms with Crippen LogP contribution in [-0.4, -0.2) is 20.5 Å². The molecular formula is C11H13Cl2NO4S. The number of rotatable bonds is 4. The lowest BCUT2D eigenvalue weighted by Crippen LogP contribution is -2.17. The van der Waals surface area contributed by atoms with Crippen LogP contribution >= 0.6 is 23.2 Å². The molecule has 0 aromatic heterocycles. The van der Waals surface area contributed by atoms with E-state index in [4.69, 9.17) is 33.1 Å². The molecule has 19 heavy (non-hydrogen) atoms. The van der Waals surface area contributed by atoms with Crippen molar-refractivity contribution in [2.24, 2.45) is 5.14 Å². The summed E-state index contributed by atoms with van der Waals surface area (Å²) in [6.07, 6.45) is 0.298. The number of ether oxygens (including phenoxy) is 1. The van der Waals surface area contributed by atoms with Gasteiger partial charge in [-0.25, -0.2) is 18.4 Å².